The van der Waals surface area contributed by atoms with Gasteiger partial charge in [-0.25, -0.2) is 0 Å². The van der Waals surface area contributed by atoms with E-state index in [0.717, 1.165) is 18.0 Å². The van der Waals surface area contributed by atoms with E-state index in [0.29, 0.717) is 18.6 Å². The monoisotopic (exact) mass is 276 g/mol. The molecule has 0 saturated heterocycles. The summed E-state index contributed by atoms with van der Waals surface area (Å²) in [5.41, 5.74) is 7.97. The number of hydrogen-bond donors (Lipinski definition) is 1. The summed E-state index contributed by atoms with van der Waals surface area (Å²) in [6.07, 6.45) is 5.32. The van der Waals surface area contributed by atoms with E-state index in [1.807, 2.05) is 13.0 Å². The maximum Gasteiger partial charge on any atom is 0.144 e. The molecule has 1 fully saturated rings. The average molecular weight is 276 g/mol. The van der Waals surface area contributed by atoms with Crippen molar-refractivity contribution in [3.05, 3.63) is 18.2 Å². The molecule has 1 aliphatic carbocycles. The SMILES string of the molecule is CCOc1cc(N(CC(C)C)C2CCCC2)ccc1N. The van der Waals surface area contributed by atoms with Crippen LogP contribution in [0.5, 0.6) is 5.75 Å². The Morgan fingerprint density at radius 1 is 1.30 bits per heavy atom. The fourth-order valence-corrected chi connectivity index (χ4v) is 3.06. The fraction of sp³-hybridized carbons (Fsp3) is 0.647. The molecule has 1 aromatic carbocycles. The lowest BCUT2D eigenvalue weighted by atomic mass is 10.1. The van der Waals surface area contributed by atoms with Gasteiger partial charge >= 0.3 is 0 Å². The highest BCUT2D eigenvalue weighted by molar-refractivity contribution is 5.62. The summed E-state index contributed by atoms with van der Waals surface area (Å²) >= 11 is 0. The van der Waals surface area contributed by atoms with Gasteiger partial charge in [0.25, 0.3) is 0 Å². The molecular weight excluding hydrogens is 248 g/mol. The van der Waals surface area contributed by atoms with Gasteiger partial charge in [0.1, 0.15) is 5.75 Å². The molecule has 0 aromatic heterocycles. The van der Waals surface area contributed by atoms with Gasteiger partial charge in [0.05, 0.1) is 12.3 Å². The first-order valence-corrected chi connectivity index (χ1v) is 7.90. The average Bonchev–Trinajstić information content (AvgIpc) is 2.92. The van der Waals surface area contributed by atoms with E-state index in [-0.39, 0.29) is 0 Å². The van der Waals surface area contributed by atoms with Crippen molar-refractivity contribution < 1.29 is 4.74 Å². The number of benzene rings is 1. The van der Waals surface area contributed by atoms with Crippen molar-refractivity contribution in [3.63, 3.8) is 0 Å². The van der Waals surface area contributed by atoms with Crippen LogP contribution < -0.4 is 15.4 Å². The lowest BCUT2D eigenvalue weighted by Crippen LogP contribution is -2.36. The Morgan fingerprint density at radius 2 is 2.00 bits per heavy atom. The Morgan fingerprint density at radius 3 is 2.60 bits per heavy atom. The fourth-order valence-electron chi connectivity index (χ4n) is 3.06. The summed E-state index contributed by atoms with van der Waals surface area (Å²) in [7, 11) is 0. The molecule has 112 valence electrons. The Kier molecular flexibility index (Phi) is 5.16. The van der Waals surface area contributed by atoms with Crippen molar-refractivity contribution in [3.8, 4) is 5.75 Å². The first-order valence-electron chi connectivity index (χ1n) is 7.90. The molecule has 2 rings (SSSR count). The summed E-state index contributed by atoms with van der Waals surface area (Å²) in [5.74, 6) is 1.47. The van der Waals surface area contributed by atoms with Crippen molar-refractivity contribution in [2.75, 3.05) is 23.8 Å². The van der Waals surface area contributed by atoms with Gasteiger partial charge in [0, 0.05) is 24.3 Å². The second-order valence-corrected chi connectivity index (χ2v) is 6.14. The number of hydrogen-bond acceptors (Lipinski definition) is 3. The summed E-state index contributed by atoms with van der Waals surface area (Å²) in [6.45, 7) is 8.31. The quantitative estimate of drug-likeness (QED) is 0.796. The highest BCUT2D eigenvalue weighted by Crippen LogP contribution is 2.33. The van der Waals surface area contributed by atoms with E-state index < -0.39 is 0 Å². The van der Waals surface area contributed by atoms with Crippen LogP contribution in [0.3, 0.4) is 0 Å². The van der Waals surface area contributed by atoms with E-state index in [4.69, 9.17) is 10.5 Å². The van der Waals surface area contributed by atoms with Crippen LogP contribution in [0.15, 0.2) is 18.2 Å². The molecule has 0 unspecified atom stereocenters. The number of ether oxygens (including phenoxy) is 1. The van der Waals surface area contributed by atoms with Gasteiger partial charge in [-0.2, -0.15) is 0 Å². The minimum atomic E-state index is 0.654. The van der Waals surface area contributed by atoms with Crippen LogP contribution in [0.25, 0.3) is 0 Å². The number of nitrogen functional groups attached to an aromatic ring is 1. The maximum atomic E-state index is 5.99. The zero-order valence-electron chi connectivity index (χ0n) is 13.1. The largest absolute Gasteiger partial charge is 0.492 e. The molecule has 0 spiro atoms. The third kappa shape index (κ3) is 3.59. The summed E-state index contributed by atoms with van der Waals surface area (Å²) < 4.78 is 5.64. The van der Waals surface area contributed by atoms with E-state index in [1.54, 1.807) is 0 Å². The van der Waals surface area contributed by atoms with Crippen molar-refractivity contribution in [1.82, 2.24) is 0 Å². The molecule has 20 heavy (non-hydrogen) atoms. The molecule has 0 amide bonds. The van der Waals surface area contributed by atoms with Crippen LogP contribution in [0.1, 0.15) is 46.5 Å². The van der Waals surface area contributed by atoms with Crippen LogP contribution in [-0.4, -0.2) is 19.2 Å². The first-order chi connectivity index (χ1) is 9.61. The van der Waals surface area contributed by atoms with Gasteiger partial charge in [-0.15, -0.1) is 0 Å². The second kappa shape index (κ2) is 6.87. The van der Waals surface area contributed by atoms with E-state index in [2.05, 4.69) is 30.9 Å². The predicted octanol–water partition coefficient (Wildman–Crippen LogP) is 4.07. The second-order valence-electron chi connectivity index (χ2n) is 6.14. The summed E-state index contributed by atoms with van der Waals surface area (Å²) in [6, 6.07) is 6.90. The number of rotatable bonds is 6. The molecular formula is C17H28N2O. The van der Waals surface area contributed by atoms with Gasteiger partial charge in [0.2, 0.25) is 0 Å². The summed E-state index contributed by atoms with van der Waals surface area (Å²) in [5, 5.41) is 0. The van der Waals surface area contributed by atoms with Gasteiger partial charge in [0.15, 0.2) is 0 Å². The van der Waals surface area contributed by atoms with E-state index in [1.165, 1.54) is 31.4 Å². The molecule has 0 radical (unpaired) electrons. The Hall–Kier alpha value is -1.38. The molecule has 0 bridgehead atoms. The third-order valence-corrected chi connectivity index (χ3v) is 3.96. The minimum absolute atomic E-state index is 0.654. The normalized spacial score (nSPS) is 15.8. The molecule has 1 aromatic rings. The Balaban J connectivity index is 2.24. The molecule has 3 heteroatoms. The lowest BCUT2D eigenvalue weighted by Gasteiger charge is -2.33. The molecule has 0 aliphatic heterocycles. The molecule has 1 saturated carbocycles. The van der Waals surface area contributed by atoms with Gasteiger partial charge in [-0.1, -0.05) is 26.7 Å². The molecule has 0 heterocycles. The van der Waals surface area contributed by atoms with Gasteiger partial charge in [-0.05, 0) is 37.8 Å². The Bertz CT molecular complexity index is 425. The van der Waals surface area contributed by atoms with Crippen LogP contribution in [0.2, 0.25) is 0 Å². The zero-order chi connectivity index (χ0) is 14.5. The number of nitrogens with two attached hydrogens (primary N) is 1. The van der Waals surface area contributed by atoms with Crippen LogP contribution in [0.4, 0.5) is 11.4 Å². The molecule has 1 aliphatic rings. The van der Waals surface area contributed by atoms with Crippen LogP contribution in [0, 0.1) is 5.92 Å². The molecule has 2 N–H and O–H groups in total. The highest BCUT2D eigenvalue weighted by atomic mass is 16.5. The van der Waals surface area contributed by atoms with Crippen molar-refractivity contribution in [2.45, 2.75) is 52.5 Å². The standard InChI is InChI=1S/C17H28N2O/c1-4-20-17-11-15(9-10-16(17)18)19(12-13(2)3)14-7-5-6-8-14/h9-11,13-14H,4-8,12,18H2,1-3H3. The molecule has 3 nitrogen and oxygen atoms in total. The zero-order valence-corrected chi connectivity index (χ0v) is 13.1. The first kappa shape index (κ1) is 15.0. The van der Waals surface area contributed by atoms with Crippen molar-refractivity contribution >= 4 is 11.4 Å². The summed E-state index contributed by atoms with van der Waals surface area (Å²) in [4.78, 5) is 2.56. The third-order valence-electron chi connectivity index (χ3n) is 3.96. The number of anilines is 2. The minimum Gasteiger partial charge on any atom is -0.492 e. The topological polar surface area (TPSA) is 38.5 Å². The molecule has 0 atom stereocenters. The highest BCUT2D eigenvalue weighted by Gasteiger charge is 2.24. The lowest BCUT2D eigenvalue weighted by molar-refractivity contribution is 0.342. The van der Waals surface area contributed by atoms with E-state index >= 15 is 0 Å². The van der Waals surface area contributed by atoms with Gasteiger partial charge in [-0.3, -0.25) is 0 Å². The number of nitrogens with zero attached hydrogens (tertiary/aromatic N) is 1. The predicted molar refractivity (Wildman–Crippen MR) is 86.5 cm³/mol. The smallest absolute Gasteiger partial charge is 0.144 e. The van der Waals surface area contributed by atoms with Crippen LogP contribution in [-0.2, 0) is 0 Å². The van der Waals surface area contributed by atoms with Crippen LogP contribution >= 0.6 is 0 Å². The Labute approximate surface area is 123 Å². The van der Waals surface area contributed by atoms with Crippen molar-refractivity contribution in [1.29, 1.82) is 0 Å². The van der Waals surface area contributed by atoms with Gasteiger partial charge < -0.3 is 15.4 Å². The maximum absolute atomic E-state index is 5.99. The van der Waals surface area contributed by atoms with Crippen molar-refractivity contribution in [2.24, 2.45) is 5.92 Å². The van der Waals surface area contributed by atoms with E-state index in [9.17, 15) is 0 Å².